The predicted molar refractivity (Wildman–Crippen MR) is 112 cm³/mol. The molecule has 1 N–H and O–H groups in total. The van der Waals surface area contributed by atoms with Gasteiger partial charge in [-0.25, -0.2) is 13.4 Å². The molecular weight excluding hydrogens is 394 g/mol. The number of amides is 1. The van der Waals surface area contributed by atoms with Crippen LogP contribution in [-0.4, -0.2) is 48.5 Å². The minimum atomic E-state index is -3.46. The Bertz CT molecular complexity index is 761. The first-order valence-electron chi connectivity index (χ1n) is 10.3. The molecule has 2 fully saturated rings. The smallest absolute Gasteiger partial charge is 0.244 e. The zero-order valence-electron chi connectivity index (χ0n) is 16.8. The molecule has 0 aromatic carbocycles. The van der Waals surface area contributed by atoms with Gasteiger partial charge in [0, 0.05) is 25.3 Å². The van der Waals surface area contributed by atoms with Gasteiger partial charge < -0.3 is 5.32 Å². The number of sulfonamides is 1. The average molecular weight is 426 g/mol. The molecule has 1 saturated carbocycles. The lowest BCUT2D eigenvalue weighted by atomic mass is 9.78. The highest BCUT2D eigenvalue weighted by atomic mass is 32.2. The third kappa shape index (κ3) is 5.27. The van der Waals surface area contributed by atoms with Crippen molar-refractivity contribution in [1.29, 1.82) is 0 Å². The summed E-state index contributed by atoms with van der Waals surface area (Å²) >= 11 is 1.34. The van der Waals surface area contributed by atoms with Gasteiger partial charge in [-0.05, 0) is 43.2 Å². The number of nitrogens with zero attached hydrogens (tertiary/aromatic N) is 2. The molecular formula is C20H31N3O3S2. The Hall–Kier alpha value is -1.12. The van der Waals surface area contributed by atoms with Gasteiger partial charge in [0.25, 0.3) is 0 Å². The van der Waals surface area contributed by atoms with E-state index in [1.54, 1.807) is 16.4 Å². The number of aromatic nitrogens is 1. The highest BCUT2D eigenvalue weighted by Crippen LogP contribution is 2.29. The topological polar surface area (TPSA) is 79.4 Å². The first-order valence-corrected chi connectivity index (χ1v) is 12.7. The van der Waals surface area contributed by atoms with Crippen molar-refractivity contribution in [2.45, 2.75) is 68.3 Å². The molecule has 1 aliphatic heterocycles. The molecule has 156 valence electrons. The average Bonchev–Trinajstić information content (AvgIpc) is 2.71. The molecule has 0 unspecified atom stereocenters. The van der Waals surface area contributed by atoms with Crippen molar-refractivity contribution in [1.82, 2.24) is 14.6 Å². The van der Waals surface area contributed by atoms with Gasteiger partial charge in [0.2, 0.25) is 15.9 Å². The molecule has 0 spiro atoms. The van der Waals surface area contributed by atoms with Crippen molar-refractivity contribution in [3.05, 3.63) is 18.3 Å². The van der Waals surface area contributed by atoms with E-state index in [2.05, 4.69) is 24.1 Å². The normalized spacial score (nSPS) is 26.7. The molecule has 1 aromatic heterocycles. The van der Waals surface area contributed by atoms with E-state index in [0.29, 0.717) is 35.7 Å². The Balaban J connectivity index is 1.52. The van der Waals surface area contributed by atoms with Crippen LogP contribution in [0.2, 0.25) is 0 Å². The molecule has 8 heteroatoms. The van der Waals surface area contributed by atoms with Crippen LogP contribution in [0.25, 0.3) is 0 Å². The van der Waals surface area contributed by atoms with E-state index in [0.717, 1.165) is 32.1 Å². The summed E-state index contributed by atoms with van der Waals surface area (Å²) in [5.41, 5.74) is 0. The van der Waals surface area contributed by atoms with Crippen molar-refractivity contribution in [2.75, 3.05) is 18.8 Å². The van der Waals surface area contributed by atoms with Crippen LogP contribution in [0.3, 0.4) is 0 Å². The lowest BCUT2D eigenvalue weighted by Gasteiger charge is -2.34. The maximum absolute atomic E-state index is 12.7. The lowest BCUT2D eigenvalue weighted by Crippen LogP contribution is -2.44. The van der Waals surface area contributed by atoms with Gasteiger partial charge >= 0.3 is 0 Å². The molecule has 1 saturated heterocycles. The summed E-state index contributed by atoms with van der Waals surface area (Å²) in [6, 6.07) is 3.55. The van der Waals surface area contributed by atoms with Gasteiger partial charge in [0.05, 0.1) is 10.8 Å². The van der Waals surface area contributed by atoms with Crippen LogP contribution in [-0.2, 0) is 14.8 Å². The third-order valence-corrected chi connectivity index (χ3v) is 8.89. The van der Waals surface area contributed by atoms with Crippen molar-refractivity contribution in [3.63, 3.8) is 0 Å². The fourth-order valence-corrected chi connectivity index (χ4v) is 6.15. The van der Waals surface area contributed by atoms with Gasteiger partial charge in [-0.15, -0.1) is 0 Å². The van der Waals surface area contributed by atoms with Crippen LogP contribution >= 0.6 is 11.8 Å². The summed E-state index contributed by atoms with van der Waals surface area (Å²) in [6.07, 6.45) is 7.76. The van der Waals surface area contributed by atoms with Gasteiger partial charge in [-0.3, -0.25) is 4.79 Å². The second kappa shape index (κ2) is 9.59. The minimum absolute atomic E-state index is 0.0164. The quantitative estimate of drug-likeness (QED) is 0.708. The highest BCUT2D eigenvalue weighted by Gasteiger charge is 2.28. The number of nitrogens with one attached hydrogen (secondary N) is 1. The van der Waals surface area contributed by atoms with Crippen molar-refractivity contribution >= 4 is 27.7 Å². The van der Waals surface area contributed by atoms with E-state index < -0.39 is 10.0 Å². The van der Waals surface area contributed by atoms with E-state index in [9.17, 15) is 13.2 Å². The second-order valence-corrected chi connectivity index (χ2v) is 11.0. The number of rotatable bonds is 6. The van der Waals surface area contributed by atoms with Crippen molar-refractivity contribution in [2.24, 2.45) is 11.8 Å². The zero-order valence-corrected chi connectivity index (χ0v) is 18.4. The van der Waals surface area contributed by atoms with E-state index in [4.69, 9.17) is 0 Å². The van der Waals surface area contributed by atoms with Crippen LogP contribution in [0.4, 0.5) is 0 Å². The Kier molecular flexibility index (Phi) is 7.39. The monoisotopic (exact) mass is 425 g/mol. The molecule has 1 aliphatic carbocycles. The second-order valence-electron chi connectivity index (χ2n) is 8.03. The summed E-state index contributed by atoms with van der Waals surface area (Å²) in [5.74, 6) is 1.45. The fourth-order valence-electron chi connectivity index (χ4n) is 4.03. The van der Waals surface area contributed by atoms with Crippen molar-refractivity contribution in [3.8, 4) is 0 Å². The van der Waals surface area contributed by atoms with Crippen LogP contribution < -0.4 is 5.32 Å². The molecule has 6 nitrogen and oxygen atoms in total. The number of hydrogen-bond donors (Lipinski definition) is 1. The van der Waals surface area contributed by atoms with Gasteiger partial charge in [0.1, 0.15) is 4.90 Å². The van der Waals surface area contributed by atoms with Crippen molar-refractivity contribution < 1.29 is 13.2 Å². The maximum Gasteiger partial charge on any atom is 0.244 e. The number of carbonyl (C=O) groups excluding carboxylic acids is 1. The molecule has 28 heavy (non-hydrogen) atoms. The molecule has 3 atom stereocenters. The summed E-state index contributed by atoms with van der Waals surface area (Å²) in [4.78, 5) is 16.8. The minimum Gasteiger partial charge on any atom is -0.352 e. The van der Waals surface area contributed by atoms with Crippen LogP contribution in [0.1, 0.15) is 52.4 Å². The molecule has 0 radical (unpaired) electrons. The Morgan fingerprint density at radius 1 is 1.18 bits per heavy atom. The summed E-state index contributed by atoms with van der Waals surface area (Å²) in [7, 11) is -3.46. The molecule has 1 aromatic rings. The molecule has 2 heterocycles. The van der Waals surface area contributed by atoms with Crippen LogP contribution in [0.5, 0.6) is 0 Å². The zero-order chi connectivity index (χ0) is 20.1. The summed E-state index contributed by atoms with van der Waals surface area (Å²) in [6.45, 7) is 5.63. The number of carbonyl (C=O) groups is 1. The number of hydrogen-bond acceptors (Lipinski definition) is 5. The number of pyridine rings is 1. The maximum atomic E-state index is 12.7. The summed E-state index contributed by atoms with van der Waals surface area (Å²) in [5, 5.41) is 3.82. The lowest BCUT2D eigenvalue weighted by molar-refractivity contribution is -0.120. The number of piperidine rings is 1. The van der Waals surface area contributed by atoms with E-state index in [-0.39, 0.29) is 16.8 Å². The van der Waals surface area contributed by atoms with Gasteiger partial charge in [-0.2, -0.15) is 4.31 Å². The first-order chi connectivity index (χ1) is 13.4. The molecule has 1 amide bonds. The molecule has 3 rings (SSSR count). The SMILES string of the molecule is C[C@@H]1[C@@H](C)CCC[C@H]1NC(=O)CSc1ccc(S(=O)(=O)N2CCCCC2)cn1. The Morgan fingerprint density at radius 2 is 1.93 bits per heavy atom. The van der Waals surface area contributed by atoms with Gasteiger partial charge in [0.15, 0.2) is 0 Å². The standard InChI is InChI=1S/C20H31N3O3S2/c1-15-7-6-8-18(16(15)2)22-19(24)14-27-20-10-9-17(13-21-20)28(25,26)23-11-4-3-5-12-23/h9-10,13,15-16,18H,3-8,11-12,14H2,1-2H3,(H,22,24)/t15-,16+,18+/m0/s1. The fraction of sp³-hybridized carbons (Fsp3) is 0.700. The van der Waals surface area contributed by atoms with Crippen LogP contribution in [0, 0.1) is 11.8 Å². The highest BCUT2D eigenvalue weighted by molar-refractivity contribution is 7.99. The molecule has 2 aliphatic rings. The van der Waals surface area contributed by atoms with E-state index in [1.807, 2.05) is 0 Å². The van der Waals surface area contributed by atoms with E-state index in [1.165, 1.54) is 24.4 Å². The number of thioether (sulfide) groups is 1. The Labute approximate surface area is 172 Å². The summed E-state index contributed by atoms with van der Waals surface area (Å²) < 4.78 is 26.9. The van der Waals surface area contributed by atoms with E-state index >= 15 is 0 Å². The van der Waals surface area contributed by atoms with Crippen LogP contribution in [0.15, 0.2) is 28.3 Å². The first kappa shape index (κ1) is 21.6. The largest absolute Gasteiger partial charge is 0.352 e. The predicted octanol–water partition coefficient (Wildman–Crippen LogP) is 3.29. The van der Waals surface area contributed by atoms with Gasteiger partial charge in [-0.1, -0.05) is 44.9 Å². The molecule has 0 bridgehead atoms. The Morgan fingerprint density at radius 3 is 2.61 bits per heavy atom. The third-order valence-electron chi connectivity index (χ3n) is 6.07.